The van der Waals surface area contributed by atoms with E-state index in [1.165, 1.54) is 6.92 Å². The van der Waals surface area contributed by atoms with Crippen LogP contribution in [0.2, 0.25) is 0 Å². The van der Waals surface area contributed by atoms with Crippen LogP contribution in [0.25, 0.3) is 11.2 Å². The molecule has 0 aliphatic heterocycles. The Morgan fingerprint density at radius 1 is 1.38 bits per heavy atom. The molecule has 0 bridgehead atoms. The highest BCUT2D eigenvalue weighted by molar-refractivity contribution is 5.84. The van der Waals surface area contributed by atoms with Crippen molar-refractivity contribution in [3.63, 3.8) is 0 Å². The second kappa shape index (κ2) is 6.52. The molecule has 0 aromatic carbocycles. The first-order valence-electron chi connectivity index (χ1n) is 8.36. The number of ether oxygens (including phenoxy) is 1. The van der Waals surface area contributed by atoms with E-state index in [4.69, 9.17) is 16.2 Å². The Balaban J connectivity index is 1.59. The molecule has 2 atom stereocenters. The van der Waals surface area contributed by atoms with Crippen molar-refractivity contribution in [3.8, 4) is 0 Å². The first-order valence-corrected chi connectivity index (χ1v) is 8.36. The summed E-state index contributed by atoms with van der Waals surface area (Å²) in [5.41, 5.74) is 10.9. The van der Waals surface area contributed by atoms with Gasteiger partial charge in [0.15, 0.2) is 5.65 Å². The number of imidazole rings is 1. The molecule has 1 saturated carbocycles. The molecule has 0 amide bonds. The van der Waals surface area contributed by atoms with E-state index in [9.17, 15) is 14.7 Å². The number of aromatic nitrogens is 4. The summed E-state index contributed by atoms with van der Waals surface area (Å²) in [4.78, 5) is 34.8. The summed E-state index contributed by atoms with van der Waals surface area (Å²) < 4.78 is 6.94. The van der Waals surface area contributed by atoms with Gasteiger partial charge in [-0.05, 0) is 19.3 Å². The lowest BCUT2D eigenvalue weighted by atomic mass is 9.94. The Hall–Kier alpha value is -2.75. The predicted octanol–water partition coefficient (Wildman–Crippen LogP) is 0.314. The van der Waals surface area contributed by atoms with Crippen LogP contribution in [0.4, 0.5) is 5.95 Å². The molecule has 3 rings (SSSR count). The standard InChI is InChI=1S/C16H22N6O4/c1-10(23)26-8-15(7-16(15,18)13(24)25)4-2-3-5-22-9-20-11-6-19-14(17)21-12(11)22/h6,9H,2-5,7-8,18H2,1H3,(H,24,25)(H2,17,19,21). The van der Waals surface area contributed by atoms with Crippen LogP contribution >= 0.6 is 0 Å². The van der Waals surface area contributed by atoms with Gasteiger partial charge in [0.05, 0.1) is 19.1 Å². The van der Waals surface area contributed by atoms with Crippen molar-refractivity contribution < 1.29 is 19.4 Å². The van der Waals surface area contributed by atoms with E-state index in [2.05, 4.69) is 15.0 Å². The number of nitrogens with zero attached hydrogens (tertiary/aromatic N) is 4. The van der Waals surface area contributed by atoms with Gasteiger partial charge in [0, 0.05) is 18.9 Å². The Labute approximate surface area is 149 Å². The van der Waals surface area contributed by atoms with Crippen LogP contribution in [0.3, 0.4) is 0 Å². The zero-order chi connectivity index (χ0) is 18.9. The van der Waals surface area contributed by atoms with Crippen molar-refractivity contribution in [1.29, 1.82) is 0 Å². The van der Waals surface area contributed by atoms with E-state index in [0.717, 1.165) is 12.8 Å². The average Bonchev–Trinajstić information content (AvgIpc) is 3.00. The number of carbonyl (C=O) groups excluding carboxylic acids is 1. The van der Waals surface area contributed by atoms with Gasteiger partial charge in [-0.3, -0.25) is 9.59 Å². The number of carboxylic acids is 1. The third kappa shape index (κ3) is 3.19. The number of nitrogens with two attached hydrogens (primary N) is 2. The summed E-state index contributed by atoms with van der Waals surface area (Å²) in [6, 6.07) is 0. The number of carboxylic acid groups (broad SMARTS) is 1. The van der Waals surface area contributed by atoms with Crippen molar-refractivity contribution in [2.24, 2.45) is 11.1 Å². The molecule has 140 valence electrons. The fourth-order valence-corrected chi connectivity index (χ4v) is 3.37. The highest BCUT2D eigenvalue weighted by atomic mass is 16.5. The molecular formula is C16H22N6O4. The van der Waals surface area contributed by atoms with Gasteiger partial charge < -0.3 is 25.9 Å². The number of aryl methyl sites for hydroxylation is 1. The van der Waals surface area contributed by atoms with Crippen LogP contribution in [-0.2, 0) is 20.9 Å². The third-order valence-corrected chi connectivity index (χ3v) is 5.05. The molecule has 2 heterocycles. The van der Waals surface area contributed by atoms with E-state index in [1.54, 1.807) is 12.5 Å². The molecule has 0 saturated heterocycles. The Morgan fingerprint density at radius 3 is 2.81 bits per heavy atom. The lowest BCUT2D eigenvalue weighted by Crippen LogP contribution is -2.41. The summed E-state index contributed by atoms with van der Waals surface area (Å²) in [5.74, 6) is -1.31. The van der Waals surface area contributed by atoms with Gasteiger partial charge >= 0.3 is 11.9 Å². The van der Waals surface area contributed by atoms with Crippen molar-refractivity contribution in [3.05, 3.63) is 12.5 Å². The summed E-state index contributed by atoms with van der Waals surface area (Å²) in [7, 11) is 0. The van der Waals surface area contributed by atoms with Crippen LogP contribution in [0.1, 0.15) is 32.6 Å². The van der Waals surface area contributed by atoms with Crippen LogP contribution in [0, 0.1) is 5.41 Å². The van der Waals surface area contributed by atoms with Crippen molar-refractivity contribution in [2.45, 2.75) is 44.7 Å². The van der Waals surface area contributed by atoms with Crippen molar-refractivity contribution >= 4 is 29.1 Å². The molecule has 2 aromatic heterocycles. The van der Waals surface area contributed by atoms with Gasteiger partial charge in [0.2, 0.25) is 5.95 Å². The second-order valence-corrected chi connectivity index (χ2v) is 6.85. The molecule has 1 aliphatic carbocycles. The van der Waals surface area contributed by atoms with Crippen LogP contribution in [0.5, 0.6) is 0 Å². The topological polar surface area (TPSA) is 159 Å². The highest BCUT2D eigenvalue weighted by Crippen LogP contribution is 2.58. The van der Waals surface area contributed by atoms with E-state index in [1.807, 2.05) is 4.57 Å². The maximum atomic E-state index is 11.4. The van der Waals surface area contributed by atoms with Crippen LogP contribution < -0.4 is 11.5 Å². The molecule has 1 aliphatic rings. The van der Waals surface area contributed by atoms with E-state index >= 15 is 0 Å². The van der Waals surface area contributed by atoms with Gasteiger partial charge in [-0.25, -0.2) is 9.97 Å². The molecule has 10 nitrogen and oxygen atoms in total. The molecule has 1 fully saturated rings. The first kappa shape index (κ1) is 18.1. The summed E-state index contributed by atoms with van der Waals surface area (Å²) >= 11 is 0. The molecule has 2 aromatic rings. The molecule has 26 heavy (non-hydrogen) atoms. The second-order valence-electron chi connectivity index (χ2n) is 6.85. The van der Waals surface area contributed by atoms with Crippen molar-refractivity contribution in [2.75, 3.05) is 12.3 Å². The summed E-state index contributed by atoms with van der Waals surface area (Å²) in [5, 5.41) is 9.36. The Morgan fingerprint density at radius 2 is 2.15 bits per heavy atom. The fraction of sp³-hybridized carbons (Fsp3) is 0.562. The minimum absolute atomic E-state index is 0.0307. The summed E-state index contributed by atoms with van der Waals surface area (Å²) in [6.45, 7) is 1.98. The number of rotatable bonds is 8. The number of unbranched alkanes of at least 4 members (excludes halogenated alkanes) is 1. The van der Waals surface area contributed by atoms with E-state index in [0.29, 0.717) is 30.6 Å². The first-order chi connectivity index (χ1) is 12.3. The van der Waals surface area contributed by atoms with Gasteiger partial charge in [-0.15, -0.1) is 0 Å². The maximum absolute atomic E-state index is 11.4. The number of carbonyl (C=O) groups is 2. The largest absolute Gasteiger partial charge is 0.480 e. The maximum Gasteiger partial charge on any atom is 0.324 e. The SMILES string of the molecule is CC(=O)OCC1(CCCCn2cnc3cnc(N)nc32)CC1(N)C(=O)O. The number of hydrogen-bond acceptors (Lipinski definition) is 8. The highest BCUT2D eigenvalue weighted by Gasteiger charge is 2.70. The fourth-order valence-electron chi connectivity index (χ4n) is 3.37. The van der Waals surface area contributed by atoms with Crippen molar-refractivity contribution in [1.82, 2.24) is 19.5 Å². The predicted molar refractivity (Wildman–Crippen MR) is 91.8 cm³/mol. The minimum atomic E-state index is -1.33. The lowest BCUT2D eigenvalue weighted by Gasteiger charge is -2.20. The van der Waals surface area contributed by atoms with Gasteiger partial charge in [-0.1, -0.05) is 6.42 Å². The van der Waals surface area contributed by atoms with Crippen LogP contribution in [-0.4, -0.2) is 48.7 Å². The number of fused-ring (bicyclic) bond motifs is 1. The third-order valence-electron chi connectivity index (χ3n) is 5.05. The monoisotopic (exact) mass is 362 g/mol. The van der Waals surface area contributed by atoms with Gasteiger partial charge in [-0.2, -0.15) is 4.98 Å². The van der Waals surface area contributed by atoms with Gasteiger partial charge in [0.1, 0.15) is 11.1 Å². The Kier molecular flexibility index (Phi) is 4.53. The number of esters is 1. The minimum Gasteiger partial charge on any atom is -0.480 e. The zero-order valence-corrected chi connectivity index (χ0v) is 14.5. The average molecular weight is 362 g/mol. The molecule has 2 unspecified atom stereocenters. The summed E-state index contributed by atoms with van der Waals surface area (Å²) in [6.07, 6.45) is 5.62. The molecule has 10 heteroatoms. The molecule has 0 spiro atoms. The number of hydrogen-bond donors (Lipinski definition) is 3. The Bertz CT molecular complexity index is 852. The molecule has 0 radical (unpaired) electrons. The molecule has 5 N–H and O–H groups in total. The smallest absolute Gasteiger partial charge is 0.324 e. The normalized spacial score (nSPS) is 24.5. The number of anilines is 1. The molecular weight excluding hydrogens is 340 g/mol. The van der Waals surface area contributed by atoms with E-state index in [-0.39, 0.29) is 12.6 Å². The number of aliphatic carboxylic acids is 1. The van der Waals surface area contributed by atoms with Crippen LogP contribution in [0.15, 0.2) is 12.5 Å². The lowest BCUT2D eigenvalue weighted by molar-refractivity contribution is -0.146. The zero-order valence-electron chi connectivity index (χ0n) is 14.5. The van der Waals surface area contributed by atoms with Gasteiger partial charge in [0.25, 0.3) is 0 Å². The van der Waals surface area contributed by atoms with E-state index < -0.39 is 22.9 Å². The quantitative estimate of drug-likeness (QED) is 0.443. The number of nitrogen functional groups attached to an aromatic ring is 1.